The van der Waals surface area contributed by atoms with Crippen molar-refractivity contribution >= 4 is 5.78 Å². The van der Waals surface area contributed by atoms with Crippen LogP contribution < -0.4 is 5.32 Å². The van der Waals surface area contributed by atoms with Crippen molar-refractivity contribution in [2.24, 2.45) is 0 Å². The van der Waals surface area contributed by atoms with Crippen LogP contribution in [-0.2, 0) is 4.79 Å². The van der Waals surface area contributed by atoms with Gasteiger partial charge in [-0.2, -0.15) is 0 Å². The van der Waals surface area contributed by atoms with E-state index in [1.807, 2.05) is 7.05 Å². The Morgan fingerprint density at radius 3 is 2.89 bits per heavy atom. The lowest BCUT2D eigenvalue weighted by Crippen LogP contribution is -1.89. The van der Waals surface area contributed by atoms with E-state index in [1.165, 1.54) is 0 Å². The molecule has 0 atom stereocenters. The van der Waals surface area contributed by atoms with Crippen molar-refractivity contribution in [3.63, 3.8) is 0 Å². The molecule has 0 bridgehead atoms. The van der Waals surface area contributed by atoms with E-state index in [0.29, 0.717) is 18.4 Å². The van der Waals surface area contributed by atoms with Gasteiger partial charge in [0.05, 0.1) is 5.57 Å². The van der Waals surface area contributed by atoms with Gasteiger partial charge in [-0.1, -0.05) is 24.1 Å². The van der Waals surface area contributed by atoms with Gasteiger partial charge < -0.3 is 5.32 Å². The zero-order chi connectivity index (χ0) is 13.2. The maximum absolute atomic E-state index is 11.6. The molecule has 1 N–H and O–H groups in total. The van der Waals surface area contributed by atoms with E-state index in [0.717, 1.165) is 5.57 Å². The largest absolute Gasteiger partial charge is 0.394 e. The fraction of sp³-hybridized carbons (Fsp3) is 0.188. The van der Waals surface area contributed by atoms with E-state index in [9.17, 15) is 4.79 Å². The summed E-state index contributed by atoms with van der Waals surface area (Å²) in [4.78, 5) is 11.6. The fourth-order valence-electron chi connectivity index (χ4n) is 1.41. The van der Waals surface area contributed by atoms with E-state index in [1.54, 1.807) is 30.5 Å². The van der Waals surface area contributed by atoms with Crippen LogP contribution in [0.4, 0.5) is 0 Å². The van der Waals surface area contributed by atoms with Crippen molar-refractivity contribution in [3.05, 3.63) is 71.2 Å². The SMILES string of the molecule is C=CC=C=C1CC(=O)C(=C=C=C=CC=CNC)C1. The highest BCUT2D eigenvalue weighted by Crippen LogP contribution is 2.24. The second-order valence-electron chi connectivity index (χ2n) is 3.61. The summed E-state index contributed by atoms with van der Waals surface area (Å²) >= 11 is 0. The molecule has 2 nitrogen and oxygen atoms in total. The minimum absolute atomic E-state index is 0.0787. The number of carbonyl (C=O) groups is 1. The maximum atomic E-state index is 11.6. The Morgan fingerprint density at radius 2 is 2.17 bits per heavy atom. The maximum Gasteiger partial charge on any atom is 0.172 e. The summed E-state index contributed by atoms with van der Waals surface area (Å²) in [6, 6.07) is 0. The quantitative estimate of drug-likeness (QED) is 0.464. The summed E-state index contributed by atoms with van der Waals surface area (Å²) in [6.07, 6.45) is 9.61. The van der Waals surface area contributed by atoms with Gasteiger partial charge in [0.2, 0.25) is 0 Å². The summed E-state index contributed by atoms with van der Waals surface area (Å²) in [6.45, 7) is 3.57. The van der Waals surface area contributed by atoms with Crippen molar-refractivity contribution in [1.82, 2.24) is 5.32 Å². The first-order valence-electron chi connectivity index (χ1n) is 5.64. The van der Waals surface area contributed by atoms with Crippen molar-refractivity contribution in [3.8, 4) is 0 Å². The first-order chi connectivity index (χ1) is 8.77. The summed E-state index contributed by atoms with van der Waals surface area (Å²) in [5, 5.41) is 2.85. The lowest BCUT2D eigenvalue weighted by atomic mass is 10.2. The van der Waals surface area contributed by atoms with Crippen molar-refractivity contribution in [1.29, 1.82) is 0 Å². The van der Waals surface area contributed by atoms with Gasteiger partial charge in [-0.25, -0.2) is 0 Å². The van der Waals surface area contributed by atoms with Gasteiger partial charge in [-0.3, -0.25) is 4.79 Å². The van der Waals surface area contributed by atoms with Crippen molar-refractivity contribution < 1.29 is 4.79 Å². The number of rotatable bonds is 3. The molecule has 1 rings (SSSR count). The van der Waals surface area contributed by atoms with Crippen LogP contribution in [0.2, 0.25) is 0 Å². The highest BCUT2D eigenvalue weighted by molar-refractivity contribution is 6.00. The minimum atomic E-state index is 0.0787. The Kier molecular flexibility index (Phi) is 5.87. The Hall–Kier alpha value is -2.45. The third-order valence-electron chi connectivity index (χ3n) is 2.23. The average Bonchev–Trinajstić information content (AvgIpc) is 2.72. The zero-order valence-electron chi connectivity index (χ0n) is 10.4. The van der Waals surface area contributed by atoms with Crippen molar-refractivity contribution in [2.75, 3.05) is 7.05 Å². The topological polar surface area (TPSA) is 29.1 Å². The van der Waals surface area contributed by atoms with Crippen molar-refractivity contribution in [2.45, 2.75) is 12.8 Å². The van der Waals surface area contributed by atoms with Crippen LogP contribution in [0.3, 0.4) is 0 Å². The first kappa shape index (κ1) is 13.6. The predicted molar refractivity (Wildman–Crippen MR) is 72.9 cm³/mol. The molecule has 1 aliphatic carbocycles. The minimum Gasteiger partial charge on any atom is -0.394 e. The summed E-state index contributed by atoms with van der Waals surface area (Å²) in [7, 11) is 1.81. The summed E-state index contributed by atoms with van der Waals surface area (Å²) < 4.78 is 0. The third-order valence-corrected chi connectivity index (χ3v) is 2.23. The number of carbonyl (C=O) groups excluding carboxylic acids is 1. The normalized spacial score (nSPS) is 13.5. The van der Waals surface area contributed by atoms with Gasteiger partial charge in [0.1, 0.15) is 0 Å². The van der Waals surface area contributed by atoms with Crippen LogP contribution in [0.5, 0.6) is 0 Å². The van der Waals surface area contributed by atoms with E-state index in [4.69, 9.17) is 0 Å². The van der Waals surface area contributed by atoms with E-state index in [-0.39, 0.29) is 5.78 Å². The summed E-state index contributed by atoms with van der Waals surface area (Å²) in [5.74, 6) is 0.0787. The lowest BCUT2D eigenvalue weighted by molar-refractivity contribution is -0.114. The molecule has 1 saturated carbocycles. The van der Waals surface area contributed by atoms with Gasteiger partial charge in [-0.15, -0.1) is 5.73 Å². The smallest absolute Gasteiger partial charge is 0.172 e. The second kappa shape index (κ2) is 7.76. The van der Waals surface area contributed by atoms with Gasteiger partial charge in [-0.05, 0) is 35.7 Å². The van der Waals surface area contributed by atoms with Gasteiger partial charge in [0.25, 0.3) is 0 Å². The highest BCUT2D eigenvalue weighted by atomic mass is 16.1. The van der Waals surface area contributed by atoms with Crippen LogP contribution in [0.25, 0.3) is 0 Å². The van der Waals surface area contributed by atoms with E-state index < -0.39 is 0 Å². The van der Waals surface area contributed by atoms with Crippen LogP contribution >= 0.6 is 0 Å². The van der Waals surface area contributed by atoms with E-state index >= 15 is 0 Å². The number of allylic oxidation sites excluding steroid dienone is 5. The second-order valence-corrected chi connectivity index (χ2v) is 3.61. The molecule has 0 heterocycles. The molecule has 0 aliphatic heterocycles. The molecule has 0 amide bonds. The highest BCUT2D eigenvalue weighted by Gasteiger charge is 2.21. The molecule has 90 valence electrons. The Morgan fingerprint density at radius 1 is 1.33 bits per heavy atom. The molecular weight excluding hydrogens is 222 g/mol. The number of Topliss-reactive ketones (excluding diaryl/α,β-unsaturated/α-hetero) is 1. The first-order valence-corrected chi connectivity index (χ1v) is 5.64. The molecule has 0 radical (unpaired) electrons. The van der Waals surface area contributed by atoms with Gasteiger partial charge in [0, 0.05) is 19.9 Å². The van der Waals surface area contributed by atoms with Gasteiger partial charge in [0.15, 0.2) is 5.78 Å². The van der Waals surface area contributed by atoms with Crippen LogP contribution in [-0.4, -0.2) is 12.8 Å². The molecule has 1 fully saturated rings. The molecule has 0 unspecified atom stereocenters. The molecule has 2 heteroatoms. The van der Waals surface area contributed by atoms with Crippen LogP contribution in [0.1, 0.15) is 12.8 Å². The summed E-state index contributed by atoms with van der Waals surface area (Å²) in [5.41, 5.74) is 13.0. The Labute approximate surface area is 107 Å². The number of hydrogen-bond donors (Lipinski definition) is 1. The molecule has 0 aromatic carbocycles. The fourth-order valence-corrected chi connectivity index (χ4v) is 1.41. The standard InChI is InChI=1S/C16H15NO/c1-3-4-9-14-12-15(16(18)13-14)10-7-5-6-8-11-17-2/h3-4,6,8,11,17H,1,12-13H2,2H3. The molecular formula is C16H15NO. The van der Waals surface area contributed by atoms with Crippen LogP contribution in [0.15, 0.2) is 71.2 Å². The zero-order valence-corrected chi connectivity index (χ0v) is 10.4. The van der Waals surface area contributed by atoms with Gasteiger partial charge >= 0.3 is 0 Å². The molecule has 0 spiro atoms. The number of ketones is 1. The average molecular weight is 237 g/mol. The Balaban J connectivity index is 2.92. The molecule has 0 aromatic rings. The monoisotopic (exact) mass is 237 g/mol. The lowest BCUT2D eigenvalue weighted by Gasteiger charge is -1.82. The van der Waals surface area contributed by atoms with Crippen LogP contribution in [0, 0.1) is 0 Å². The molecule has 1 aliphatic rings. The predicted octanol–water partition coefficient (Wildman–Crippen LogP) is 2.74. The number of hydrogen-bond acceptors (Lipinski definition) is 2. The third kappa shape index (κ3) is 4.60. The Bertz CT molecular complexity index is 564. The molecule has 0 saturated heterocycles. The number of nitrogens with one attached hydrogen (secondary N) is 1. The van der Waals surface area contributed by atoms with E-state index in [2.05, 4.69) is 34.8 Å². The molecule has 18 heavy (non-hydrogen) atoms. The molecule has 0 aromatic heterocycles.